The molecule has 0 aliphatic heterocycles. The molecule has 8 rings (SSSR count). The average Bonchev–Trinajstić information content (AvgIpc) is 3.32. The average molecular weight is 1130 g/mol. The summed E-state index contributed by atoms with van der Waals surface area (Å²) >= 11 is 13.6. The molecule has 324 valence electrons. The van der Waals surface area contributed by atoms with Crippen molar-refractivity contribution in [2.75, 3.05) is 0 Å². The van der Waals surface area contributed by atoms with Crippen LogP contribution in [0.5, 0.6) is 23.0 Å². The van der Waals surface area contributed by atoms with Crippen molar-refractivity contribution in [3.63, 3.8) is 0 Å². The second-order valence-corrected chi connectivity index (χ2v) is 18.1. The predicted molar refractivity (Wildman–Crippen MR) is 267 cm³/mol. The summed E-state index contributed by atoms with van der Waals surface area (Å²) in [6, 6.07) is 56.3. The molecule has 0 aliphatic rings. The minimum absolute atomic E-state index is 0.327. The Morgan fingerprint density at radius 1 is 0.258 bits per heavy atom. The summed E-state index contributed by atoms with van der Waals surface area (Å²) in [4.78, 5) is 52.5. The Bertz CT molecular complexity index is 2710. The van der Waals surface area contributed by atoms with Gasteiger partial charge in [0, 0.05) is 17.9 Å². The quantitative estimate of drug-likeness (QED) is 0.0677. The fourth-order valence-corrected chi connectivity index (χ4v) is 8.39. The summed E-state index contributed by atoms with van der Waals surface area (Å²) in [6.45, 7) is 0. The van der Waals surface area contributed by atoms with Crippen LogP contribution >= 0.6 is 63.7 Å². The summed E-state index contributed by atoms with van der Waals surface area (Å²) in [6.07, 6.45) is 0. The van der Waals surface area contributed by atoms with Gasteiger partial charge in [0.15, 0.2) is 0 Å². The number of rotatable bonds is 12. The second-order valence-electron chi connectivity index (χ2n) is 14.4. The summed E-state index contributed by atoms with van der Waals surface area (Å²) in [7, 11) is 0. The molecule has 0 atom stereocenters. The van der Waals surface area contributed by atoms with E-state index in [-0.39, 0.29) is 0 Å². The standard InChI is InChI=1S/C54H32Br4O8/c55-41-9-1-5-37(29-41)51(59)63-45-21-13-33(14-22-45)49(34-15-23-46(24-16-34)64-52(60)38-6-2-10-42(56)30-38)50(35-17-25-47(26-18-35)65-53(61)39-7-3-11-43(57)31-39)36-19-27-48(28-20-36)66-54(62)40-8-4-12-44(58)32-40/h1-32H. The van der Waals surface area contributed by atoms with Crippen LogP contribution in [-0.4, -0.2) is 23.9 Å². The van der Waals surface area contributed by atoms with Crippen LogP contribution in [-0.2, 0) is 0 Å². The predicted octanol–water partition coefficient (Wildman–Crippen LogP) is 14.6. The van der Waals surface area contributed by atoms with Crippen molar-refractivity contribution in [2.24, 2.45) is 0 Å². The Balaban J connectivity index is 1.21. The lowest BCUT2D eigenvalue weighted by Crippen LogP contribution is -2.09. The summed E-state index contributed by atoms with van der Waals surface area (Å²) < 4.78 is 26.1. The van der Waals surface area contributed by atoms with Gasteiger partial charge < -0.3 is 18.9 Å². The Morgan fingerprint density at radius 2 is 0.455 bits per heavy atom. The van der Waals surface area contributed by atoms with Crippen LogP contribution in [0.4, 0.5) is 0 Å². The first kappa shape index (κ1) is 45.9. The fourth-order valence-electron chi connectivity index (χ4n) is 6.79. The molecular formula is C54H32Br4O8. The van der Waals surface area contributed by atoms with Crippen molar-refractivity contribution in [1.82, 2.24) is 0 Å². The molecule has 0 aromatic heterocycles. The molecule has 0 saturated heterocycles. The molecule has 0 N–H and O–H groups in total. The number of esters is 4. The van der Waals surface area contributed by atoms with E-state index in [1.54, 1.807) is 121 Å². The Morgan fingerprint density at radius 3 is 0.636 bits per heavy atom. The van der Waals surface area contributed by atoms with E-state index >= 15 is 0 Å². The lowest BCUT2D eigenvalue weighted by molar-refractivity contribution is 0.0725. The smallest absolute Gasteiger partial charge is 0.343 e. The molecule has 0 amide bonds. The molecular weight excluding hydrogens is 1100 g/mol. The monoisotopic (exact) mass is 1120 g/mol. The van der Waals surface area contributed by atoms with E-state index < -0.39 is 23.9 Å². The van der Waals surface area contributed by atoms with E-state index in [1.807, 2.05) is 72.8 Å². The topological polar surface area (TPSA) is 105 Å². The number of carbonyl (C=O) groups is 4. The third-order valence-electron chi connectivity index (χ3n) is 9.91. The highest BCUT2D eigenvalue weighted by Gasteiger charge is 2.20. The molecule has 8 nitrogen and oxygen atoms in total. The molecule has 0 saturated carbocycles. The molecule has 0 unspecified atom stereocenters. The van der Waals surface area contributed by atoms with E-state index in [1.165, 1.54) is 0 Å². The molecule has 0 heterocycles. The number of ether oxygens (including phenoxy) is 4. The van der Waals surface area contributed by atoms with Gasteiger partial charge in [-0.15, -0.1) is 0 Å². The van der Waals surface area contributed by atoms with Crippen molar-refractivity contribution < 1.29 is 38.1 Å². The van der Waals surface area contributed by atoms with Crippen molar-refractivity contribution in [1.29, 1.82) is 0 Å². The Hall–Kier alpha value is -6.70. The van der Waals surface area contributed by atoms with Gasteiger partial charge in [-0.2, -0.15) is 0 Å². The zero-order valence-electron chi connectivity index (χ0n) is 34.3. The first-order valence-corrected chi connectivity index (χ1v) is 23.2. The number of carbonyl (C=O) groups excluding carboxylic acids is 4. The number of halogens is 4. The molecule has 8 aromatic rings. The largest absolute Gasteiger partial charge is 0.423 e. The summed E-state index contributed by atoms with van der Waals surface area (Å²) in [5.41, 5.74) is 5.96. The highest BCUT2D eigenvalue weighted by atomic mass is 79.9. The van der Waals surface area contributed by atoms with Gasteiger partial charge in [-0.25, -0.2) is 19.2 Å². The van der Waals surface area contributed by atoms with E-state index in [4.69, 9.17) is 18.9 Å². The highest BCUT2D eigenvalue weighted by molar-refractivity contribution is 9.11. The lowest BCUT2D eigenvalue weighted by Gasteiger charge is -2.19. The van der Waals surface area contributed by atoms with Gasteiger partial charge in [0.25, 0.3) is 0 Å². The third-order valence-corrected chi connectivity index (χ3v) is 11.9. The van der Waals surface area contributed by atoms with E-state index in [0.29, 0.717) is 45.3 Å². The molecule has 0 aliphatic carbocycles. The van der Waals surface area contributed by atoms with Gasteiger partial charge in [-0.05, 0) is 155 Å². The second kappa shape index (κ2) is 21.1. The van der Waals surface area contributed by atoms with Gasteiger partial charge >= 0.3 is 23.9 Å². The first-order valence-electron chi connectivity index (χ1n) is 20.0. The minimum atomic E-state index is -0.519. The molecule has 66 heavy (non-hydrogen) atoms. The minimum Gasteiger partial charge on any atom is -0.423 e. The van der Waals surface area contributed by atoms with Crippen LogP contribution in [0, 0.1) is 0 Å². The van der Waals surface area contributed by atoms with Crippen LogP contribution in [0.25, 0.3) is 11.1 Å². The molecule has 8 aromatic carbocycles. The van der Waals surface area contributed by atoms with Crippen LogP contribution in [0.1, 0.15) is 63.7 Å². The SMILES string of the molecule is O=C(Oc1ccc(C(=C(c2ccc(OC(=O)c3cccc(Br)c3)cc2)c2ccc(OC(=O)c3cccc(Br)c3)cc2)c2ccc(OC(=O)c3cccc(Br)c3)cc2)cc1)c1cccc(Br)c1. The third kappa shape index (κ3) is 11.6. The summed E-state index contributed by atoms with van der Waals surface area (Å²) in [5.74, 6) is -0.768. The molecule has 0 radical (unpaired) electrons. The highest BCUT2D eigenvalue weighted by Crippen LogP contribution is 2.39. The van der Waals surface area contributed by atoms with Gasteiger partial charge in [-0.3, -0.25) is 0 Å². The molecule has 0 bridgehead atoms. The number of hydrogen-bond acceptors (Lipinski definition) is 8. The first-order chi connectivity index (χ1) is 31.9. The van der Waals surface area contributed by atoms with Crippen molar-refractivity contribution in [3.05, 3.63) is 257 Å². The van der Waals surface area contributed by atoms with Gasteiger partial charge in [0.2, 0.25) is 0 Å². The van der Waals surface area contributed by atoms with E-state index in [0.717, 1.165) is 51.3 Å². The maximum atomic E-state index is 13.1. The number of hydrogen-bond donors (Lipinski definition) is 0. The summed E-state index contributed by atoms with van der Waals surface area (Å²) in [5, 5.41) is 0. The zero-order chi connectivity index (χ0) is 46.2. The lowest BCUT2D eigenvalue weighted by atomic mass is 9.85. The normalized spacial score (nSPS) is 10.7. The van der Waals surface area contributed by atoms with Crippen LogP contribution in [0.2, 0.25) is 0 Å². The van der Waals surface area contributed by atoms with Crippen LogP contribution < -0.4 is 18.9 Å². The van der Waals surface area contributed by atoms with Crippen LogP contribution in [0.3, 0.4) is 0 Å². The molecule has 0 fully saturated rings. The van der Waals surface area contributed by atoms with Crippen LogP contribution in [0.15, 0.2) is 212 Å². The van der Waals surface area contributed by atoms with E-state index in [2.05, 4.69) is 63.7 Å². The molecule has 12 heteroatoms. The Labute approximate surface area is 413 Å². The van der Waals surface area contributed by atoms with Gasteiger partial charge in [0.1, 0.15) is 23.0 Å². The van der Waals surface area contributed by atoms with Gasteiger partial charge in [0.05, 0.1) is 22.3 Å². The fraction of sp³-hybridized carbons (Fsp3) is 0. The number of benzene rings is 8. The maximum Gasteiger partial charge on any atom is 0.343 e. The maximum absolute atomic E-state index is 13.1. The van der Waals surface area contributed by atoms with Gasteiger partial charge in [-0.1, -0.05) is 137 Å². The van der Waals surface area contributed by atoms with Crippen molar-refractivity contribution in [3.8, 4) is 23.0 Å². The zero-order valence-corrected chi connectivity index (χ0v) is 40.6. The molecule has 0 spiro atoms. The van der Waals surface area contributed by atoms with Crippen molar-refractivity contribution in [2.45, 2.75) is 0 Å². The van der Waals surface area contributed by atoms with E-state index in [9.17, 15) is 19.2 Å². The Kier molecular flexibility index (Phi) is 14.6. The van der Waals surface area contributed by atoms with Crippen molar-refractivity contribution >= 4 is 98.7 Å².